The van der Waals surface area contributed by atoms with Crippen LogP contribution in [0.1, 0.15) is 26.2 Å². The second kappa shape index (κ2) is 3.36. The highest BCUT2D eigenvalue weighted by Gasteiger charge is 2.31. The number of nitrogens with one attached hydrogen (secondary N) is 1. The smallest absolute Gasteiger partial charge is 0.00639 e. The lowest BCUT2D eigenvalue weighted by Gasteiger charge is -2.39. The molecule has 0 saturated carbocycles. The first kappa shape index (κ1) is 7.93. The van der Waals surface area contributed by atoms with Crippen molar-refractivity contribution in [3.63, 3.8) is 0 Å². The maximum absolute atomic E-state index is 3.33. The molecule has 2 aliphatic rings. The first-order valence-electron chi connectivity index (χ1n) is 4.74. The average molecular weight is 171 g/mol. The largest absolute Gasteiger partial charge is 0.316 e. The summed E-state index contributed by atoms with van der Waals surface area (Å²) in [7, 11) is 0. The van der Waals surface area contributed by atoms with Crippen molar-refractivity contribution in [3.8, 4) is 0 Å². The minimum absolute atomic E-state index is 1.01. The highest BCUT2D eigenvalue weighted by molar-refractivity contribution is 8.01. The molecule has 0 aromatic carbocycles. The van der Waals surface area contributed by atoms with Crippen molar-refractivity contribution in [1.82, 2.24) is 5.32 Å². The Morgan fingerprint density at radius 2 is 2.09 bits per heavy atom. The second-order valence-electron chi connectivity index (χ2n) is 3.78. The van der Waals surface area contributed by atoms with Crippen LogP contribution in [0.25, 0.3) is 0 Å². The van der Waals surface area contributed by atoms with Gasteiger partial charge >= 0.3 is 0 Å². The normalized spacial score (nSPS) is 37.9. The van der Waals surface area contributed by atoms with E-state index in [1.165, 1.54) is 32.4 Å². The fourth-order valence-electron chi connectivity index (χ4n) is 1.86. The van der Waals surface area contributed by atoms with Crippen LogP contribution in [0.4, 0.5) is 0 Å². The van der Waals surface area contributed by atoms with Crippen LogP contribution in [0.5, 0.6) is 0 Å². The summed E-state index contributed by atoms with van der Waals surface area (Å²) in [6.07, 6.45) is 4.36. The quantitative estimate of drug-likeness (QED) is 0.696. The average Bonchev–Trinajstić information content (AvgIpc) is 1.81. The Kier molecular flexibility index (Phi) is 2.42. The van der Waals surface area contributed by atoms with Gasteiger partial charge < -0.3 is 5.32 Å². The lowest BCUT2D eigenvalue weighted by Crippen LogP contribution is -2.44. The number of hydrogen-bond donors (Lipinski definition) is 1. The Morgan fingerprint density at radius 1 is 1.36 bits per heavy atom. The summed E-state index contributed by atoms with van der Waals surface area (Å²) >= 11 is 2.22. The fourth-order valence-corrected chi connectivity index (χ4v) is 3.30. The molecule has 2 unspecified atom stereocenters. The minimum Gasteiger partial charge on any atom is -0.316 e. The van der Waals surface area contributed by atoms with E-state index in [-0.39, 0.29) is 0 Å². The standard InChI is InChI=1S/C9H17NS/c1-2-8-4-9(11-8)3-7-5-10-6-7/h7-10H,2-6H2,1H3. The van der Waals surface area contributed by atoms with Gasteiger partial charge in [0, 0.05) is 10.5 Å². The van der Waals surface area contributed by atoms with Gasteiger partial charge in [-0.3, -0.25) is 0 Å². The van der Waals surface area contributed by atoms with Gasteiger partial charge in [0.25, 0.3) is 0 Å². The summed E-state index contributed by atoms with van der Waals surface area (Å²) < 4.78 is 0. The van der Waals surface area contributed by atoms with Gasteiger partial charge in [0.2, 0.25) is 0 Å². The lowest BCUT2D eigenvalue weighted by atomic mass is 9.94. The van der Waals surface area contributed by atoms with Crippen LogP contribution in [0.2, 0.25) is 0 Å². The molecule has 11 heavy (non-hydrogen) atoms. The molecule has 64 valence electrons. The van der Waals surface area contributed by atoms with E-state index >= 15 is 0 Å². The van der Waals surface area contributed by atoms with E-state index in [9.17, 15) is 0 Å². The predicted octanol–water partition coefficient (Wildman–Crippen LogP) is 1.88. The first-order valence-corrected chi connectivity index (χ1v) is 5.69. The van der Waals surface area contributed by atoms with E-state index in [1.807, 2.05) is 0 Å². The van der Waals surface area contributed by atoms with Crippen molar-refractivity contribution in [2.45, 2.75) is 36.7 Å². The highest BCUT2D eigenvalue weighted by Crippen LogP contribution is 2.42. The van der Waals surface area contributed by atoms with Crippen molar-refractivity contribution in [3.05, 3.63) is 0 Å². The molecular weight excluding hydrogens is 154 g/mol. The zero-order valence-electron chi connectivity index (χ0n) is 7.18. The maximum atomic E-state index is 3.33. The van der Waals surface area contributed by atoms with Crippen LogP contribution in [0, 0.1) is 5.92 Å². The summed E-state index contributed by atoms with van der Waals surface area (Å²) in [5.74, 6) is 1.02. The van der Waals surface area contributed by atoms with Gasteiger partial charge in [0.1, 0.15) is 0 Å². The zero-order valence-corrected chi connectivity index (χ0v) is 7.99. The Bertz CT molecular complexity index is 128. The molecule has 0 amide bonds. The highest BCUT2D eigenvalue weighted by atomic mass is 32.2. The molecule has 1 N–H and O–H groups in total. The Morgan fingerprint density at radius 3 is 2.55 bits per heavy atom. The van der Waals surface area contributed by atoms with Gasteiger partial charge in [-0.1, -0.05) is 6.92 Å². The molecule has 2 heteroatoms. The summed E-state index contributed by atoms with van der Waals surface area (Å²) in [5, 5.41) is 5.36. The Balaban J connectivity index is 1.59. The van der Waals surface area contributed by atoms with Crippen LogP contribution in [0.15, 0.2) is 0 Å². The minimum atomic E-state index is 1.01. The third kappa shape index (κ3) is 1.73. The molecule has 1 nitrogen and oxygen atoms in total. The van der Waals surface area contributed by atoms with E-state index in [0.29, 0.717) is 0 Å². The lowest BCUT2D eigenvalue weighted by molar-refractivity contribution is 0.316. The van der Waals surface area contributed by atoms with Crippen LogP contribution >= 0.6 is 11.8 Å². The van der Waals surface area contributed by atoms with E-state index in [4.69, 9.17) is 0 Å². The third-order valence-corrected chi connectivity index (χ3v) is 4.51. The van der Waals surface area contributed by atoms with Crippen molar-refractivity contribution in [2.24, 2.45) is 5.92 Å². The molecule has 0 aromatic rings. The van der Waals surface area contributed by atoms with E-state index in [1.54, 1.807) is 0 Å². The molecule has 0 aromatic heterocycles. The van der Waals surface area contributed by atoms with Gasteiger partial charge in [-0.2, -0.15) is 11.8 Å². The second-order valence-corrected chi connectivity index (χ2v) is 5.39. The topological polar surface area (TPSA) is 12.0 Å². The number of thioether (sulfide) groups is 1. The molecule has 0 aliphatic carbocycles. The summed E-state index contributed by atoms with van der Waals surface area (Å²) in [5.41, 5.74) is 0. The van der Waals surface area contributed by atoms with E-state index < -0.39 is 0 Å². The van der Waals surface area contributed by atoms with E-state index in [0.717, 1.165) is 16.4 Å². The molecule has 2 heterocycles. The van der Waals surface area contributed by atoms with Crippen molar-refractivity contribution < 1.29 is 0 Å². The molecule has 0 bridgehead atoms. The van der Waals surface area contributed by atoms with Crippen molar-refractivity contribution >= 4 is 11.8 Å². The van der Waals surface area contributed by atoms with Gasteiger partial charge in [-0.15, -0.1) is 0 Å². The first-order chi connectivity index (χ1) is 5.38. The molecule has 2 saturated heterocycles. The van der Waals surface area contributed by atoms with Crippen molar-refractivity contribution in [2.75, 3.05) is 13.1 Å². The number of hydrogen-bond acceptors (Lipinski definition) is 2. The molecule has 2 atom stereocenters. The summed E-state index contributed by atoms with van der Waals surface area (Å²) in [4.78, 5) is 0. The van der Waals surface area contributed by atoms with Crippen LogP contribution in [0.3, 0.4) is 0 Å². The monoisotopic (exact) mass is 171 g/mol. The summed E-state index contributed by atoms with van der Waals surface area (Å²) in [6.45, 7) is 4.88. The van der Waals surface area contributed by atoms with Gasteiger partial charge in [0.15, 0.2) is 0 Å². The molecule has 2 rings (SSSR count). The van der Waals surface area contributed by atoms with Gasteiger partial charge in [0.05, 0.1) is 0 Å². The Hall–Kier alpha value is 0.310. The molecule has 0 radical (unpaired) electrons. The molecule has 2 aliphatic heterocycles. The zero-order chi connectivity index (χ0) is 7.68. The SMILES string of the molecule is CCC1CC(CC2CNC2)S1. The maximum Gasteiger partial charge on any atom is 0.00639 e. The van der Waals surface area contributed by atoms with Crippen LogP contribution in [-0.2, 0) is 0 Å². The van der Waals surface area contributed by atoms with E-state index in [2.05, 4.69) is 24.0 Å². The summed E-state index contributed by atoms with van der Waals surface area (Å²) in [6, 6.07) is 0. The van der Waals surface area contributed by atoms with Crippen LogP contribution < -0.4 is 5.32 Å². The molecule has 2 fully saturated rings. The predicted molar refractivity (Wildman–Crippen MR) is 51.1 cm³/mol. The molecular formula is C9H17NS. The van der Waals surface area contributed by atoms with Gasteiger partial charge in [-0.05, 0) is 38.3 Å². The fraction of sp³-hybridized carbons (Fsp3) is 1.00. The number of rotatable bonds is 3. The Labute approximate surface area is 73.3 Å². The van der Waals surface area contributed by atoms with Crippen LogP contribution in [-0.4, -0.2) is 23.6 Å². The third-order valence-electron chi connectivity index (χ3n) is 2.83. The van der Waals surface area contributed by atoms with Gasteiger partial charge in [-0.25, -0.2) is 0 Å². The molecule has 0 spiro atoms. The van der Waals surface area contributed by atoms with Crippen molar-refractivity contribution in [1.29, 1.82) is 0 Å².